The highest BCUT2D eigenvalue weighted by atomic mass is 16.4. The first-order valence-corrected chi connectivity index (χ1v) is 6.59. The fourth-order valence-corrected chi connectivity index (χ4v) is 2.45. The van der Waals surface area contributed by atoms with Crippen LogP contribution in [0, 0.1) is 0 Å². The fourth-order valence-electron chi connectivity index (χ4n) is 2.45. The highest BCUT2D eigenvalue weighted by Crippen LogP contribution is 2.27. The number of likely N-dealkylation sites (tertiary alicyclic amines) is 1. The molecule has 4 nitrogen and oxygen atoms in total. The molecule has 1 aromatic rings. The predicted octanol–water partition coefficient (Wildman–Crippen LogP) is 1.76. The van der Waals surface area contributed by atoms with Crippen LogP contribution in [-0.2, 0) is 6.42 Å². The summed E-state index contributed by atoms with van der Waals surface area (Å²) in [6.07, 6.45) is 5.04. The third-order valence-electron chi connectivity index (χ3n) is 3.49. The molecule has 0 saturated carbocycles. The van der Waals surface area contributed by atoms with E-state index >= 15 is 0 Å². The van der Waals surface area contributed by atoms with E-state index < -0.39 is 0 Å². The summed E-state index contributed by atoms with van der Waals surface area (Å²) in [5.41, 5.74) is 5.51. The molecule has 96 valence electrons. The molecule has 0 aliphatic carbocycles. The first-order valence-electron chi connectivity index (χ1n) is 6.59. The minimum absolute atomic E-state index is 0.456. The molecule has 0 spiro atoms. The molecule has 1 aromatic heterocycles. The number of rotatable bonds is 4. The van der Waals surface area contributed by atoms with Gasteiger partial charge in [0.15, 0.2) is 5.89 Å². The molecule has 2 heterocycles. The lowest BCUT2D eigenvalue weighted by atomic mass is 9.97. The van der Waals surface area contributed by atoms with E-state index in [0.717, 1.165) is 24.6 Å². The van der Waals surface area contributed by atoms with Crippen molar-refractivity contribution in [1.82, 2.24) is 9.88 Å². The summed E-state index contributed by atoms with van der Waals surface area (Å²) in [6, 6.07) is 0.608. The number of aromatic nitrogens is 1. The molecule has 0 amide bonds. The molecule has 0 aromatic carbocycles. The maximum Gasteiger partial charge on any atom is 0.198 e. The van der Waals surface area contributed by atoms with E-state index in [4.69, 9.17) is 10.2 Å². The first kappa shape index (κ1) is 12.6. The SMILES string of the molecule is CC(C)N1CCCC(c2ncc(CCN)o2)C1. The van der Waals surface area contributed by atoms with E-state index in [1.807, 2.05) is 6.20 Å². The van der Waals surface area contributed by atoms with Gasteiger partial charge < -0.3 is 15.1 Å². The third-order valence-corrected chi connectivity index (χ3v) is 3.49. The van der Waals surface area contributed by atoms with Gasteiger partial charge in [0.05, 0.1) is 6.20 Å². The van der Waals surface area contributed by atoms with Crippen LogP contribution in [0.4, 0.5) is 0 Å². The van der Waals surface area contributed by atoms with Crippen molar-refractivity contribution in [3.63, 3.8) is 0 Å². The zero-order valence-corrected chi connectivity index (χ0v) is 10.9. The monoisotopic (exact) mass is 237 g/mol. The van der Waals surface area contributed by atoms with Crippen LogP contribution in [0.25, 0.3) is 0 Å². The van der Waals surface area contributed by atoms with Crippen molar-refractivity contribution >= 4 is 0 Å². The topological polar surface area (TPSA) is 55.3 Å². The van der Waals surface area contributed by atoms with Crippen LogP contribution in [0.2, 0.25) is 0 Å². The Balaban J connectivity index is 2.00. The van der Waals surface area contributed by atoms with Crippen molar-refractivity contribution in [2.75, 3.05) is 19.6 Å². The van der Waals surface area contributed by atoms with Crippen LogP contribution >= 0.6 is 0 Å². The molecule has 1 atom stereocenters. The quantitative estimate of drug-likeness (QED) is 0.867. The molecule has 0 radical (unpaired) electrons. The number of hydrogen-bond donors (Lipinski definition) is 1. The van der Waals surface area contributed by atoms with Gasteiger partial charge in [-0.1, -0.05) is 0 Å². The fraction of sp³-hybridized carbons (Fsp3) is 0.769. The van der Waals surface area contributed by atoms with Gasteiger partial charge in [-0.25, -0.2) is 4.98 Å². The van der Waals surface area contributed by atoms with Gasteiger partial charge in [-0.05, 0) is 39.8 Å². The summed E-state index contributed by atoms with van der Waals surface area (Å²) < 4.78 is 5.77. The van der Waals surface area contributed by atoms with Crippen molar-refractivity contribution in [2.45, 2.75) is 45.1 Å². The number of oxazole rings is 1. The van der Waals surface area contributed by atoms with E-state index in [1.54, 1.807) is 0 Å². The van der Waals surface area contributed by atoms with Gasteiger partial charge in [-0.3, -0.25) is 0 Å². The molecule has 2 rings (SSSR count). The Kier molecular flexibility index (Phi) is 4.18. The van der Waals surface area contributed by atoms with Crippen LogP contribution in [0.1, 0.15) is 44.3 Å². The van der Waals surface area contributed by atoms with Gasteiger partial charge in [-0.2, -0.15) is 0 Å². The van der Waals surface area contributed by atoms with Crippen molar-refractivity contribution < 1.29 is 4.42 Å². The molecular formula is C13H23N3O. The second-order valence-electron chi connectivity index (χ2n) is 5.13. The molecular weight excluding hydrogens is 214 g/mol. The molecule has 1 aliphatic heterocycles. The average Bonchev–Trinajstić information content (AvgIpc) is 2.78. The molecule has 1 aliphatic rings. The highest BCUT2D eigenvalue weighted by molar-refractivity contribution is 5.01. The van der Waals surface area contributed by atoms with Gasteiger partial charge >= 0.3 is 0 Å². The van der Waals surface area contributed by atoms with Gasteiger partial charge in [-0.15, -0.1) is 0 Å². The van der Waals surface area contributed by atoms with Gasteiger partial charge in [0.1, 0.15) is 5.76 Å². The van der Waals surface area contributed by atoms with Crippen LogP contribution in [-0.4, -0.2) is 35.6 Å². The highest BCUT2D eigenvalue weighted by Gasteiger charge is 2.26. The average molecular weight is 237 g/mol. The van der Waals surface area contributed by atoms with E-state index in [-0.39, 0.29) is 0 Å². The predicted molar refractivity (Wildman–Crippen MR) is 67.9 cm³/mol. The largest absolute Gasteiger partial charge is 0.445 e. The minimum atomic E-state index is 0.456. The standard InChI is InChI=1S/C13H23N3O/c1-10(2)16-7-3-4-11(9-16)13-15-8-12(17-13)5-6-14/h8,10-11H,3-7,9,14H2,1-2H3. The van der Waals surface area contributed by atoms with Gasteiger partial charge in [0.2, 0.25) is 0 Å². The van der Waals surface area contributed by atoms with Crippen molar-refractivity contribution in [2.24, 2.45) is 5.73 Å². The van der Waals surface area contributed by atoms with Crippen LogP contribution < -0.4 is 5.73 Å². The summed E-state index contributed by atoms with van der Waals surface area (Å²) in [4.78, 5) is 6.90. The second-order valence-corrected chi connectivity index (χ2v) is 5.13. The lowest BCUT2D eigenvalue weighted by Crippen LogP contribution is -2.39. The molecule has 4 heteroatoms. The molecule has 1 saturated heterocycles. The van der Waals surface area contributed by atoms with Crippen molar-refractivity contribution in [3.8, 4) is 0 Å². The summed E-state index contributed by atoms with van der Waals surface area (Å²) >= 11 is 0. The van der Waals surface area contributed by atoms with E-state index in [9.17, 15) is 0 Å². The van der Waals surface area contributed by atoms with Gasteiger partial charge in [0, 0.05) is 24.9 Å². The Morgan fingerprint density at radius 1 is 1.59 bits per heavy atom. The number of hydrogen-bond acceptors (Lipinski definition) is 4. The summed E-state index contributed by atoms with van der Waals surface area (Å²) in [5, 5.41) is 0. The van der Waals surface area contributed by atoms with E-state index in [0.29, 0.717) is 18.5 Å². The molecule has 1 fully saturated rings. The minimum Gasteiger partial charge on any atom is -0.445 e. The molecule has 2 N–H and O–H groups in total. The number of nitrogens with zero attached hydrogens (tertiary/aromatic N) is 2. The third kappa shape index (κ3) is 3.07. The Hall–Kier alpha value is -0.870. The lowest BCUT2D eigenvalue weighted by molar-refractivity contribution is 0.156. The first-order chi connectivity index (χ1) is 8.20. The Morgan fingerprint density at radius 2 is 2.41 bits per heavy atom. The lowest BCUT2D eigenvalue weighted by Gasteiger charge is -2.34. The normalized spacial score (nSPS) is 22.2. The maximum atomic E-state index is 5.77. The van der Waals surface area contributed by atoms with E-state index in [2.05, 4.69) is 23.7 Å². The van der Waals surface area contributed by atoms with E-state index in [1.165, 1.54) is 19.4 Å². The number of nitrogens with two attached hydrogens (primary N) is 1. The molecule has 1 unspecified atom stereocenters. The smallest absolute Gasteiger partial charge is 0.198 e. The van der Waals surface area contributed by atoms with Crippen molar-refractivity contribution in [1.29, 1.82) is 0 Å². The van der Waals surface area contributed by atoms with Crippen LogP contribution in [0.15, 0.2) is 10.6 Å². The number of piperidine rings is 1. The Bertz CT molecular complexity index is 348. The maximum absolute atomic E-state index is 5.77. The van der Waals surface area contributed by atoms with Crippen molar-refractivity contribution in [3.05, 3.63) is 17.8 Å². The molecule has 17 heavy (non-hydrogen) atoms. The van der Waals surface area contributed by atoms with Crippen LogP contribution in [0.3, 0.4) is 0 Å². The Morgan fingerprint density at radius 3 is 3.12 bits per heavy atom. The summed E-state index contributed by atoms with van der Waals surface area (Å²) in [7, 11) is 0. The van der Waals surface area contributed by atoms with Gasteiger partial charge in [0.25, 0.3) is 0 Å². The zero-order valence-electron chi connectivity index (χ0n) is 10.9. The Labute approximate surface area is 103 Å². The summed E-state index contributed by atoms with van der Waals surface area (Å²) in [5.74, 6) is 2.28. The second kappa shape index (κ2) is 5.65. The summed E-state index contributed by atoms with van der Waals surface area (Å²) in [6.45, 7) is 7.39. The van der Waals surface area contributed by atoms with Crippen LogP contribution in [0.5, 0.6) is 0 Å². The molecule has 0 bridgehead atoms. The zero-order chi connectivity index (χ0) is 12.3.